The van der Waals surface area contributed by atoms with Gasteiger partial charge in [-0.15, -0.1) is 0 Å². The van der Waals surface area contributed by atoms with Gasteiger partial charge in [-0.25, -0.2) is 0 Å². The summed E-state index contributed by atoms with van der Waals surface area (Å²) in [4.78, 5) is 24.2. The van der Waals surface area contributed by atoms with Gasteiger partial charge in [-0.2, -0.15) is 0 Å². The number of unbranched alkanes of at least 4 members (excludes halogenated alkanes) is 1. The molecule has 1 saturated heterocycles. The third-order valence-corrected chi connectivity index (χ3v) is 3.09. The van der Waals surface area contributed by atoms with Gasteiger partial charge in [-0.1, -0.05) is 33.1 Å². The summed E-state index contributed by atoms with van der Waals surface area (Å²) in [5, 5.41) is 0. The number of Topliss-reactive ketones (excluding diaryl/α,β-unsaturated/α-hetero) is 1. The molecule has 1 aliphatic heterocycles. The van der Waals surface area contributed by atoms with E-state index in [0.29, 0.717) is 12.5 Å². The zero-order chi connectivity index (χ0) is 11.3. The van der Waals surface area contributed by atoms with Crippen LogP contribution in [0.4, 0.5) is 0 Å². The van der Waals surface area contributed by atoms with Crippen molar-refractivity contribution >= 4 is 11.7 Å². The molecule has 15 heavy (non-hydrogen) atoms. The molecular weight excluding hydrogens is 190 g/mol. The Kier molecular flexibility index (Phi) is 4.79. The Balaban J connectivity index is 2.37. The summed E-state index contributed by atoms with van der Waals surface area (Å²) in [6, 6.07) is 0. The van der Waals surface area contributed by atoms with Crippen LogP contribution in [0.5, 0.6) is 0 Å². The van der Waals surface area contributed by atoms with Crippen molar-refractivity contribution in [3.63, 3.8) is 0 Å². The first-order valence-corrected chi connectivity index (χ1v) is 5.96. The van der Waals surface area contributed by atoms with E-state index in [4.69, 9.17) is 0 Å². The van der Waals surface area contributed by atoms with Crippen LogP contribution in [0.15, 0.2) is 0 Å². The molecule has 1 rings (SSSR count). The maximum atomic E-state index is 11.4. The van der Waals surface area contributed by atoms with Crippen LogP contribution in [0.2, 0.25) is 0 Å². The van der Waals surface area contributed by atoms with Gasteiger partial charge >= 0.3 is 0 Å². The lowest BCUT2D eigenvalue weighted by atomic mass is 9.99. The average molecular weight is 211 g/mol. The molecule has 1 aliphatic rings. The van der Waals surface area contributed by atoms with Crippen molar-refractivity contribution in [1.82, 2.24) is 4.90 Å². The molecule has 0 aromatic heterocycles. The van der Waals surface area contributed by atoms with Gasteiger partial charge < -0.3 is 4.90 Å². The van der Waals surface area contributed by atoms with E-state index >= 15 is 0 Å². The molecule has 1 fully saturated rings. The minimum Gasteiger partial charge on any atom is -0.335 e. The highest BCUT2D eigenvalue weighted by Gasteiger charge is 2.28. The largest absolute Gasteiger partial charge is 0.335 e. The van der Waals surface area contributed by atoms with Gasteiger partial charge in [0, 0.05) is 6.54 Å². The Morgan fingerprint density at radius 3 is 2.53 bits per heavy atom. The maximum absolute atomic E-state index is 11.4. The monoisotopic (exact) mass is 211 g/mol. The lowest BCUT2D eigenvalue weighted by Crippen LogP contribution is -2.31. The second-order valence-electron chi connectivity index (χ2n) is 4.41. The predicted molar refractivity (Wildman–Crippen MR) is 59.5 cm³/mol. The summed E-state index contributed by atoms with van der Waals surface area (Å²) < 4.78 is 0. The molecule has 1 atom stereocenters. The number of rotatable bonds is 6. The molecule has 0 aliphatic carbocycles. The molecule has 0 aromatic rings. The van der Waals surface area contributed by atoms with Crippen LogP contribution in [0, 0.1) is 5.92 Å². The SMILES string of the molecule is CCCCC(CC)CN1CC(=O)CC1=O. The fourth-order valence-electron chi connectivity index (χ4n) is 2.03. The second kappa shape index (κ2) is 5.89. The van der Waals surface area contributed by atoms with Gasteiger partial charge in [-0.3, -0.25) is 9.59 Å². The van der Waals surface area contributed by atoms with Gasteiger partial charge in [0.1, 0.15) is 0 Å². The number of ketones is 1. The molecule has 86 valence electrons. The van der Waals surface area contributed by atoms with Crippen LogP contribution in [-0.2, 0) is 9.59 Å². The number of amides is 1. The zero-order valence-corrected chi connectivity index (χ0v) is 9.79. The highest BCUT2D eigenvalue weighted by atomic mass is 16.2. The van der Waals surface area contributed by atoms with Crippen molar-refractivity contribution < 1.29 is 9.59 Å². The molecule has 0 radical (unpaired) electrons. The number of nitrogens with zero attached hydrogens (tertiary/aromatic N) is 1. The summed E-state index contributed by atoms with van der Waals surface area (Å²) in [5.41, 5.74) is 0. The molecule has 0 saturated carbocycles. The van der Waals surface area contributed by atoms with Crippen molar-refractivity contribution in [2.45, 2.75) is 46.0 Å². The smallest absolute Gasteiger partial charge is 0.230 e. The van der Waals surface area contributed by atoms with E-state index in [1.165, 1.54) is 19.3 Å². The highest BCUT2D eigenvalue weighted by Crippen LogP contribution is 2.17. The zero-order valence-electron chi connectivity index (χ0n) is 9.79. The highest BCUT2D eigenvalue weighted by molar-refractivity contribution is 6.05. The molecule has 0 bridgehead atoms. The fourth-order valence-corrected chi connectivity index (χ4v) is 2.03. The summed E-state index contributed by atoms with van der Waals surface area (Å²) in [7, 11) is 0. The molecule has 1 heterocycles. The molecule has 1 amide bonds. The van der Waals surface area contributed by atoms with Gasteiger partial charge in [-0.05, 0) is 12.3 Å². The summed E-state index contributed by atoms with van der Waals surface area (Å²) in [6.45, 7) is 5.46. The van der Waals surface area contributed by atoms with Crippen molar-refractivity contribution in [1.29, 1.82) is 0 Å². The fraction of sp³-hybridized carbons (Fsp3) is 0.833. The lowest BCUT2D eigenvalue weighted by Gasteiger charge is -2.21. The normalized spacial score (nSPS) is 18.7. The Hall–Kier alpha value is -0.860. The standard InChI is InChI=1S/C12H21NO2/c1-3-5-6-10(4-2)8-13-9-11(14)7-12(13)15/h10H,3-9H2,1-2H3. The lowest BCUT2D eigenvalue weighted by molar-refractivity contribution is -0.128. The van der Waals surface area contributed by atoms with E-state index in [0.717, 1.165) is 13.0 Å². The molecule has 3 heteroatoms. The summed E-state index contributed by atoms with van der Waals surface area (Å²) >= 11 is 0. The van der Waals surface area contributed by atoms with Crippen LogP contribution in [0.25, 0.3) is 0 Å². The number of carbonyl (C=O) groups excluding carboxylic acids is 2. The Morgan fingerprint density at radius 2 is 2.07 bits per heavy atom. The Labute approximate surface area is 91.8 Å². The second-order valence-corrected chi connectivity index (χ2v) is 4.41. The van der Waals surface area contributed by atoms with Gasteiger partial charge in [0.2, 0.25) is 5.91 Å². The number of hydrogen-bond donors (Lipinski definition) is 0. The van der Waals surface area contributed by atoms with Crippen molar-refractivity contribution in [3.05, 3.63) is 0 Å². The molecule has 0 N–H and O–H groups in total. The quantitative estimate of drug-likeness (QED) is 0.630. The Morgan fingerprint density at radius 1 is 1.33 bits per heavy atom. The van der Waals surface area contributed by atoms with Gasteiger partial charge in [0.15, 0.2) is 5.78 Å². The summed E-state index contributed by atoms with van der Waals surface area (Å²) in [5.74, 6) is 0.667. The predicted octanol–water partition coefficient (Wildman–Crippen LogP) is 2.00. The summed E-state index contributed by atoms with van der Waals surface area (Å²) in [6.07, 6.45) is 4.81. The van der Waals surface area contributed by atoms with Crippen LogP contribution < -0.4 is 0 Å². The Bertz CT molecular complexity index is 238. The first-order valence-electron chi connectivity index (χ1n) is 5.96. The minimum atomic E-state index is 0.0231. The molecule has 0 spiro atoms. The van der Waals surface area contributed by atoms with E-state index in [1.807, 2.05) is 0 Å². The average Bonchev–Trinajstić information content (AvgIpc) is 2.52. The van der Waals surface area contributed by atoms with E-state index in [2.05, 4.69) is 13.8 Å². The van der Waals surface area contributed by atoms with E-state index < -0.39 is 0 Å². The maximum Gasteiger partial charge on any atom is 0.230 e. The van der Waals surface area contributed by atoms with Crippen molar-refractivity contribution in [2.75, 3.05) is 13.1 Å². The number of hydrogen-bond acceptors (Lipinski definition) is 2. The third-order valence-electron chi connectivity index (χ3n) is 3.09. The minimum absolute atomic E-state index is 0.0231. The first-order chi connectivity index (χ1) is 7.17. The topological polar surface area (TPSA) is 37.4 Å². The van der Waals surface area contributed by atoms with E-state index in [9.17, 15) is 9.59 Å². The van der Waals surface area contributed by atoms with Crippen molar-refractivity contribution in [3.8, 4) is 0 Å². The van der Waals surface area contributed by atoms with Gasteiger partial charge in [0.05, 0.1) is 13.0 Å². The third kappa shape index (κ3) is 3.65. The van der Waals surface area contributed by atoms with Gasteiger partial charge in [0.25, 0.3) is 0 Å². The number of carbonyl (C=O) groups is 2. The number of likely N-dealkylation sites (tertiary alicyclic amines) is 1. The van der Waals surface area contributed by atoms with Crippen LogP contribution >= 0.6 is 0 Å². The van der Waals surface area contributed by atoms with Crippen LogP contribution in [0.3, 0.4) is 0 Å². The van der Waals surface area contributed by atoms with Crippen LogP contribution in [0.1, 0.15) is 46.0 Å². The molecule has 1 unspecified atom stereocenters. The molecule has 3 nitrogen and oxygen atoms in total. The van der Waals surface area contributed by atoms with E-state index in [-0.39, 0.29) is 18.1 Å². The van der Waals surface area contributed by atoms with Crippen LogP contribution in [-0.4, -0.2) is 29.7 Å². The van der Waals surface area contributed by atoms with Crippen molar-refractivity contribution in [2.24, 2.45) is 5.92 Å². The first kappa shape index (κ1) is 12.2. The molecular formula is C12H21NO2. The van der Waals surface area contributed by atoms with E-state index in [1.54, 1.807) is 4.90 Å². The molecule has 0 aromatic carbocycles.